The molecule has 0 radical (unpaired) electrons. The van der Waals surface area contributed by atoms with Gasteiger partial charge in [-0.2, -0.15) is 0 Å². The van der Waals surface area contributed by atoms with Crippen molar-refractivity contribution in [3.8, 4) is 0 Å². The SMILES string of the molecule is CC12CCC(C1)C(C)(C)C2NC(=O)c1ccc(N)cc1. The number of carbonyl (C=O) groups is 1. The number of fused-ring (bicyclic) bond motifs is 2. The Bertz CT molecular complexity index is 530. The van der Waals surface area contributed by atoms with Crippen LogP contribution in [0.4, 0.5) is 5.69 Å². The van der Waals surface area contributed by atoms with Gasteiger partial charge >= 0.3 is 0 Å². The molecule has 2 aliphatic carbocycles. The Morgan fingerprint density at radius 1 is 1.25 bits per heavy atom. The van der Waals surface area contributed by atoms with E-state index in [1.54, 1.807) is 24.3 Å². The number of hydrogen-bond donors (Lipinski definition) is 2. The minimum atomic E-state index is 0.0249. The number of benzene rings is 1. The third-order valence-corrected chi connectivity index (χ3v) is 5.72. The van der Waals surface area contributed by atoms with Crippen LogP contribution in [0.15, 0.2) is 24.3 Å². The Labute approximate surface area is 120 Å². The maximum atomic E-state index is 12.5. The fraction of sp³-hybridized carbons (Fsp3) is 0.588. The first-order chi connectivity index (χ1) is 9.33. The van der Waals surface area contributed by atoms with E-state index in [0.29, 0.717) is 11.3 Å². The summed E-state index contributed by atoms with van der Waals surface area (Å²) in [5.74, 6) is 0.765. The molecule has 0 aromatic heterocycles. The summed E-state index contributed by atoms with van der Waals surface area (Å²) >= 11 is 0. The van der Waals surface area contributed by atoms with Crippen LogP contribution in [0, 0.1) is 16.7 Å². The van der Waals surface area contributed by atoms with Crippen molar-refractivity contribution in [2.45, 2.75) is 46.1 Å². The van der Waals surface area contributed by atoms with Gasteiger partial charge in [-0.25, -0.2) is 0 Å². The standard InChI is InChI=1S/C17H24N2O/c1-16(2)12-8-9-17(3,10-12)15(16)19-14(20)11-4-6-13(18)7-5-11/h4-7,12,15H,8-10,18H2,1-3H3,(H,19,20). The van der Waals surface area contributed by atoms with Crippen LogP contribution in [0.25, 0.3) is 0 Å². The summed E-state index contributed by atoms with van der Waals surface area (Å²) in [4.78, 5) is 12.5. The van der Waals surface area contributed by atoms with Crippen molar-refractivity contribution >= 4 is 11.6 Å². The van der Waals surface area contributed by atoms with Gasteiger partial charge in [0.15, 0.2) is 0 Å². The molecular formula is C17H24N2O. The van der Waals surface area contributed by atoms with Crippen molar-refractivity contribution in [2.24, 2.45) is 16.7 Å². The van der Waals surface area contributed by atoms with Gasteiger partial charge in [-0.3, -0.25) is 4.79 Å². The van der Waals surface area contributed by atoms with Gasteiger partial charge in [0.05, 0.1) is 0 Å². The van der Waals surface area contributed by atoms with Crippen LogP contribution in [0.3, 0.4) is 0 Å². The summed E-state index contributed by atoms with van der Waals surface area (Å²) < 4.78 is 0. The van der Waals surface area contributed by atoms with Crippen molar-refractivity contribution in [3.05, 3.63) is 29.8 Å². The van der Waals surface area contributed by atoms with Crippen LogP contribution in [0.5, 0.6) is 0 Å². The zero-order valence-electron chi connectivity index (χ0n) is 12.6. The lowest BCUT2D eigenvalue weighted by molar-refractivity contribution is 0.0737. The lowest BCUT2D eigenvalue weighted by Gasteiger charge is -2.43. The monoisotopic (exact) mass is 272 g/mol. The van der Waals surface area contributed by atoms with E-state index >= 15 is 0 Å². The van der Waals surface area contributed by atoms with E-state index in [0.717, 1.165) is 5.92 Å². The summed E-state index contributed by atoms with van der Waals surface area (Å²) in [5, 5.41) is 3.30. The summed E-state index contributed by atoms with van der Waals surface area (Å²) in [7, 11) is 0. The molecule has 3 unspecified atom stereocenters. The van der Waals surface area contributed by atoms with E-state index in [2.05, 4.69) is 26.1 Å². The normalized spacial score (nSPS) is 34.1. The fourth-order valence-corrected chi connectivity index (χ4v) is 4.51. The number of anilines is 1. The van der Waals surface area contributed by atoms with Gasteiger partial charge in [0, 0.05) is 17.3 Å². The van der Waals surface area contributed by atoms with Crippen LogP contribution in [0.2, 0.25) is 0 Å². The van der Waals surface area contributed by atoms with E-state index in [9.17, 15) is 4.79 Å². The maximum Gasteiger partial charge on any atom is 0.251 e. The van der Waals surface area contributed by atoms with Gasteiger partial charge in [-0.15, -0.1) is 0 Å². The number of nitrogens with one attached hydrogen (secondary N) is 1. The van der Waals surface area contributed by atoms with Crippen LogP contribution in [0.1, 0.15) is 50.4 Å². The number of nitrogens with two attached hydrogens (primary N) is 1. The second kappa shape index (κ2) is 4.24. The third kappa shape index (κ3) is 1.91. The van der Waals surface area contributed by atoms with Crippen molar-refractivity contribution in [1.29, 1.82) is 0 Å². The Hall–Kier alpha value is -1.51. The Morgan fingerprint density at radius 2 is 1.90 bits per heavy atom. The van der Waals surface area contributed by atoms with Crippen molar-refractivity contribution in [3.63, 3.8) is 0 Å². The van der Waals surface area contributed by atoms with Crippen LogP contribution in [-0.4, -0.2) is 11.9 Å². The molecule has 1 amide bonds. The van der Waals surface area contributed by atoms with Gasteiger partial charge in [-0.1, -0.05) is 20.8 Å². The molecule has 3 heteroatoms. The summed E-state index contributed by atoms with van der Waals surface area (Å²) in [5.41, 5.74) is 7.51. The lowest BCUT2D eigenvalue weighted by atomic mass is 9.68. The molecule has 20 heavy (non-hydrogen) atoms. The number of carbonyl (C=O) groups excluding carboxylic acids is 1. The van der Waals surface area contributed by atoms with Crippen molar-refractivity contribution in [1.82, 2.24) is 5.32 Å². The molecule has 1 aromatic rings. The molecule has 0 saturated heterocycles. The third-order valence-electron chi connectivity index (χ3n) is 5.72. The highest BCUT2D eigenvalue weighted by Crippen LogP contribution is 2.62. The molecule has 3 rings (SSSR count). The molecule has 0 heterocycles. The minimum absolute atomic E-state index is 0.0249. The zero-order chi connectivity index (χ0) is 14.5. The van der Waals surface area contributed by atoms with Gasteiger partial charge in [0.25, 0.3) is 5.91 Å². The molecule has 0 spiro atoms. The van der Waals surface area contributed by atoms with Gasteiger partial charge < -0.3 is 11.1 Å². The van der Waals surface area contributed by atoms with Crippen LogP contribution in [-0.2, 0) is 0 Å². The van der Waals surface area contributed by atoms with Gasteiger partial charge in [0.2, 0.25) is 0 Å². The fourth-order valence-electron chi connectivity index (χ4n) is 4.51. The second-order valence-corrected chi connectivity index (χ2v) is 7.44. The molecule has 2 fully saturated rings. The van der Waals surface area contributed by atoms with Gasteiger partial charge in [0.1, 0.15) is 0 Å². The topological polar surface area (TPSA) is 55.1 Å². The smallest absolute Gasteiger partial charge is 0.251 e. The minimum Gasteiger partial charge on any atom is -0.399 e. The van der Waals surface area contributed by atoms with Gasteiger partial charge in [-0.05, 0) is 60.3 Å². The molecule has 3 atom stereocenters. The molecule has 3 nitrogen and oxygen atoms in total. The first-order valence-electron chi connectivity index (χ1n) is 7.49. The lowest BCUT2D eigenvalue weighted by Crippen LogP contribution is -2.52. The molecule has 3 N–H and O–H groups in total. The van der Waals surface area contributed by atoms with Crippen LogP contribution < -0.4 is 11.1 Å². The second-order valence-electron chi connectivity index (χ2n) is 7.44. The summed E-state index contributed by atoms with van der Waals surface area (Å²) in [6, 6.07) is 7.42. The highest BCUT2D eigenvalue weighted by atomic mass is 16.1. The maximum absolute atomic E-state index is 12.5. The average molecular weight is 272 g/mol. The molecule has 0 aliphatic heterocycles. The quantitative estimate of drug-likeness (QED) is 0.812. The molecule has 2 aliphatic rings. The average Bonchev–Trinajstić information content (AvgIpc) is 2.86. The van der Waals surface area contributed by atoms with E-state index < -0.39 is 0 Å². The largest absolute Gasteiger partial charge is 0.399 e. The predicted molar refractivity (Wildman–Crippen MR) is 81.3 cm³/mol. The van der Waals surface area contributed by atoms with E-state index in [4.69, 9.17) is 5.73 Å². The first kappa shape index (κ1) is 13.5. The van der Waals surface area contributed by atoms with E-state index in [1.165, 1.54) is 19.3 Å². The molecule has 2 bridgehead atoms. The van der Waals surface area contributed by atoms with E-state index in [-0.39, 0.29) is 22.8 Å². The number of amides is 1. The van der Waals surface area contributed by atoms with Crippen molar-refractivity contribution < 1.29 is 4.79 Å². The number of hydrogen-bond acceptors (Lipinski definition) is 2. The number of nitrogen functional groups attached to an aromatic ring is 1. The van der Waals surface area contributed by atoms with Crippen molar-refractivity contribution in [2.75, 3.05) is 5.73 Å². The number of rotatable bonds is 2. The van der Waals surface area contributed by atoms with Crippen LogP contribution >= 0.6 is 0 Å². The summed E-state index contributed by atoms with van der Waals surface area (Å²) in [6.07, 6.45) is 3.78. The molecule has 108 valence electrons. The highest BCUT2D eigenvalue weighted by Gasteiger charge is 2.59. The Morgan fingerprint density at radius 3 is 2.45 bits per heavy atom. The zero-order valence-corrected chi connectivity index (χ0v) is 12.6. The molecular weight excluding hydrogens is 248 g/mol. The Balaban J connectivity index is 1.80. The molecule has 1 aromatic carbocycles. The summed E-state index contributed by atoms with van der Waals surface area (Å²) in [6.45, 7) is 6.93. The highest BCUT2D eigenvalue weighted by molar-refractivity contribution is 5.94. The van der Waals surface area contributed by atoms with E-state index in [1.807, 2.05) is 0 Å². The predicted octanol–water partition coefficient (Wildman–Crippen LogP) is 3.21. The first-order valence-corrected chi connectivity index (χ1v) is 7.49. The Kier molecular flexibility index (Phi) is 2.86. The molecule has 2 saturated carbocycles.